The van der Waals surface area contributed by atoms with Crippen LogP contribution in [0.15, 0.2) is 12.1 Å². The van der Waals surface area contributed by atoms with E-state index in [0.717, 1.165) is 24.0 Å². The average molecular weight is 321 g/mol. The number of benzene rings is 1. The second kappa shape index (κ2) is 7.46. The average Bonchev–Trinajstić information content (AvgIpc) is 2.53. The van der Waals surface area contributed by atoms with Crippen LogP contribution in [-0.2, 0) is 9.53 Å². The second-order valence-corrected chi connectivity index (χ2v) is 5.85. The summed E-state index contributed by atoms with van der Waals surface area (Å²) < 4.78 is 10.6. The first-order valence-electron chi connectivity index (χ1n) is 7.70. The number of ether oxygens (including phenoxy) is 2. The molecule has 23 heavy (non-hydrogen) atoms. The Morgan fingerprint density at radius 3 is 2.26 bits per heavy atom. The highest BCUT2D eigenvalue weighted by Crippen LogP contribution is 2.26. The molecule has 0 unspecified atom stereocenters. The molecular formula is C17H23NO5. The number of methoxy groups -OCH3 is 1. The molecule has 1 heterocycles. The first kappa shape index (κ1) is 17.3. The van der Waals surface area contributed by atoms with Gasteiger partial charge in [0, 0.05) is 25.8 Å². The minimum absolute atomic E-state index is 0.00413. The standard InChI is InChI=1S/C17H23NO5/c1-11-8-13(9-12(2)16(11)23-10-15(19)20)17(21)18-6-4-14(22-3)5-7-18/h8-9,14H,4-7,10H2,1-3H3,(H,19,20). The fourth-order valence-electron chi connectivity index (χ4n) is 2.91. The van der Waals surface area contributed by atoms with Gasteiger partial charge in [-0.05, 0) is 49.9 Å². The number of aryl methyl sites for hydroxylation is 2. The molecule has 0 aliphatic carbocycles. The third-order valence-corrected chi connectivity index (χ3v) is 4.11. The van der Waals surface area contributed by atoms with Gasteiger partial charge in [0.1, 0.15) is 5.75 Å². The molecule has 6 nitrogen and oxygen atoms in total. The van der Waals surface area contributed by atoms with Crippen LogP contribution >= 0.6 is 0 Å². The van der Waals surface area contributed by atoms with Gasteiger partial charge in [-0.15, -0.1) is 0 Å². The van der Waals surface area contributed by atoms with Crippen LogP contribution in [-0.4, -0.2) is 54.8 Å². The van der Waals surface area contributed by atoms with Crippen LogP contribution in [0.2, 0.25) is 0 Å². The van der Waals surface area contributed by atoms with Gasteiger partial charge in [0.15, 0.2) is 6.61 Å². The lowest BCUT2D eigenvalue weighted by atomic mass is 10.0. The van der Waals surface area contributed by atoms with Crippen molar-refractivity contribution in [1.82, 2.24) is 4.90 Å². The van der Waals surface area contributed by atoms with Gasteiger partial charge < -0.3 is 19.5 Å². The zero-order chi connectivity index (χ0) is 17.0. The Bertz CT molecular complexity index is 568. The van der Waals surface area contributed by atoms with E-state index in [-0.39, 0.29) is 18.6 Å². The van der Waals surface area contributed by atoms with E-state index in [4.69, 9.17) is 14.6 Å². The largest absolute Gasteiger partial charge is 0.481 e. The summed E-state index contributed by atoms with van der Waals surface area (Å²) in [5, 5.41) is 8.72. The van der Waals surface area contributed by atoms with Crippen molar-refractivity contribution in [2.45, 2.75) is 32.8 Å². The van der Waals surface area contributed by atoms with Gasteiger partial charge in [0.2, 0.25) is 0 Å². The van der Waals surface area contributed by atoms with Crippen LogP contribution in [0.5, 0.6) is 5.75 Å². The van der Waals surface area contributed by atoms with Gasteiger partial charge >= 0.3 is 5.97 Å². The first-order valence-corrected chi connectivity index (χ1v) is 7.70. The van der Waals surface area contributed by atoms with Crippen molar-refractivity contribution in [2.75, 3.05) is 26.8 Å². The van der Waals surface area contributed by atoms with Gasteiger partial charge in [-0.3, -0.25) is 4.79 Å². The number of carbonyl (C=O) groups is 2. The van der Waals surface area contributed by atoms with Crippen molar-refractivity contribution in [3.05, 3.63) is 28.8 Å². The summed E-state index contributed by atoms with van der Waals surface area (Å²) in [4.78, 5) is 25.1. The molecule has 0 aromatic heterocycles. The normalized spacial score (nSPS) is 15.5. The van der Waals surface area contributed by atoms with Crippen LogP contribution in [0.4, 0.5) is 0 Å². The predicted octanol–water partition coefficient (Wildman–Crippen LogP) is 2.02. The Kier molecular flexibility index (Phi) is 5.60. The molecule has 1 fully saturated rings. The first-order chi connectivity index (χ1) is 10.9. The van der Waals surface area contributed by atoms with Crippen LogP contribution in [0.25, 0.3) is 0 Å². The molecule has 0 spiro atoms. The van der Waals surface area contributed by atoms with Gasteiger partial charge in [-0.25, -0.2) is 4.79 Å². The molecule has 1 saturated heterocycles. The number of nitrogens with zero attached hydrogens (tertiary/aromatic N) is 1. The SMILES string of the molecule is COC1CCN(C(=O)c2cc(C)c(OCC(=O)O)c(C)c2)CC1. The number of likely N-dealkylation sites (tertiary alicyclic amines) is 1. The summed E-state index contributed by atoms with van der Waals surface area (Å²) in [6.07, 6.45) is 1.93. The maximum Gasteiger partial charge on any atom is 0.341 e. The van der Waals surface area contributed by atoms with Gasteiger partial charge in [0.05, 0.1) is 6.10 Å². The number of piperidine rings is 1. The molecular weight excluding hydrogens is 298 g/mol. The number of rotatable bonds is 5. The molecule has 0 bridgehead atoms. The van der Waals surface area contributed by atoms with Crippen molar-refractivity contribution in [3.63, 3.8) is 0 Å². The maximum absolute atomic E-state index is 12.6. The Morgan fingerprint density at radius 2 is 1.78 bits per heavy atom. The molecule has 1 aromatic rings. The highest BCUT2D eigenvalue weighted by Gasteiger charge is 2.24. The zero-order valence-corrected chi connectivity index (χ0v) is 13.8. The molecule has 1 aliphatic rings. The molecule has 0 atom stereocenters. The minimum Gasteiger partial charge on any atom is -0.481 e. The van der Waals surface area contributed by atoms with E-state index in [1.165, 1.54) is 0 Å². The number of carboxylic acid groups (broad SMARTS) is 1. The topological polar surface area (TPSA) is 76.1 Å². The Hall–Kier alpha value is -2.08. The van der Waals surface area contributed by atoms with Crippen LogP contribution < -0.4 is 4.74 Å². The van der Waals surface area contributed by atoms with Gasteiger partial charge in [-0.2, -0.15) is 0 Å². The minimum atomic E-state index is -1.02. The highest BCUT2D eigenvalue weighted by atomic mass is 16.5. The zero-order valence-electron chi connectivity index (χ0n) is 13.8. The van der Waals surface area contributed by atoms with E-state index < -0.39 is 5.97 Å². The van der Waals surface area contributed by atoms with Crippen molar-refractivity contribution in [1.29, 1.82) is 0 Å². The van der Waals surface area contributed by atoms with Crippen molar-refractivity contribution in [2.24, 2.45) is 0 Å². The monoisotopic (exact) mass is 321 g/mol. The third-order valence-electron chi connectivity index (χ3n) is 4.11. The van der Waals surface area contributed by atoms with E-state index >= 15 is 0 Å². The Morgan fingerprint density at radius 1 is 1.22 bits per heavy atom. The summed E-state index contributed by atoms with van der Waals surface area (Å²) in [6, 6.07) is 3.52. The van der Waals surface area contributed by atoms with E-state index in [9.17, 15) is 9.59 Å². The molecule has 1 aromatic carbocycles. The maximum atomic E-state index is 12.6. The lowest BCUT2D eigenvalue weighted by Crippen LogP contribution is -2.40. The van der Waals surface area contributed by atoms with Crippen LogP contribution in [0.3, 0.4) is 0 Å². The summed E-state index contributed by atoms with van der Waals surface area (Å²) in [7, 11) is 1.70. The summed E-state index contributed by atoms with van der Waals surface area (Å²) in [5.74, 6) is -0.498. The van der Waals surface area contributed by atoms with E-state index in [1.54, 1.807) is 19.2 Å². The second-order valence-electron chi connectivity index (χ2n) is 5.85. The van der Waals surface area contributed by atoms with Gasteiger partial charge in [-0.1, -0.05) is 0 Å². The third kappa shape index (κ3) is 4.22. The van der Waals surface area contributed by atoms with E-state index in [1.807, 2.05) is 18.7 Å². The summed E-state index contributed by atoms with van der Waals surface area (Å²) in [6.45, 7) is 4.62. The fourth-order valence-corrected chi connectivity index (χ4v) is 2.91. The number of carboxylic acids is 1. The van der Waals surface area contributed by atoms with Crippen LogP contribution in [0.1, 0.15) is 34.3 Å². The number of hydrogen-bond acceptors (Lipinski definition) is 4. The smallest absolute Gasteiger partial charge is 0.341 e. The highest BCUT2D eigenvalue weighted by molar-refractivity contribution is 5.95. The molecule has 1 aliphatic heterocycles. The lowest BCUT2D eigenvalue weighted by Gasteiger charge is -2.31. The number of hydrogen-bond donors (Lipinski definition) is 1. The summed E-state index contributed by atoms with van der Waals surface area (Å²) >= 11 is 0. The predicted molar refractivity (Wildman–Crippen MR) is 85.0 cm³/mol. The van der Waals surface area contributed by atoms with E-state index in [2.05, 4.69) is 0 Å². The molecule has 0 saturated carbocycles. The van der Waals surface area contributed by atoms with Crippen molar-refractivity contribution >= 4 is 11.9 Å². The van der Waals surface area contributed by atoms with E-state index in [0.29, 0.717) is 24.4 Å². The summed E-state index contributed by atoms with van der Waals surface area (Å²) in [5.41, 5.74) is 2.14. The van der Waals surface area contributed by atoms with Gasteiger partial charge in [0.25, 0.3) is 5.91 Å². The Labute approximate surface area is 136 Å². The molecule has 126 valence electrons. The lowest BCUT2D eigenvalue weighted by molar-refractivity contribution is -0.139. The molecule has 2 rings (SSSR count). The quantitative estimate of drug-likeness (QED) is 0.898. The molecule has 6 heteroatoms. The Balaban J connectivity index is 2.11. The number of amides is 1. The number of carbonyl (C=O) groups excluding carboxylic acids is 1. The molecule has 1 N–H and O–H groups in total. The fraction of sp³-hybridized carbons (Fsp3) is 0.529. The van der Waals surface area contributed by atoms with Crippen molar-refractivity contribution in [3.8, 4) is 5.75 Å². The number of aliphatic carboxylic acids is 1. The molecule has 0 radical (unpaired) electrons. The van der Waals surface area contributed by atoms with Crippen molar-refractivity contribution < 1.29 is 24.2 Å². The molecule has 1 amide bonds. The van der Waals surface area contributed by atoms with Crippen LogP contribution in [0, 0.1) is 13.8 Å².